The SMILES string of the molecule is CCN(CCO)c1ccc(NCc2cc(Cl)cs2)cc1. The van der Waals surface area contributed by atoms with Gasteiger partial charge in [0.25, 0.3) is 0 Å². The molecule has 0 aliphatic heterocycles. The lowest BCUT2D eigenvalue weighted by Crippen LogP contribution is -2.25. The summed E-state index contributed by atoms with van der Waals surface area (Å²) in [7, 11) is 0. The highest BCUT2D eigenvalue weighted by molar-refractivity contribution is 7.10. The number of thiophene rings is 1. The molecule has 0 radical (unpaired) electrons. The Bertz CT molecular complexity index is 527. The number of aliphatic hydroxyl groups is 1. The zero-order chi connectivity index (χ0) is 14.4. The number of nitrogens with zero attached hydrogens (tertiary/aromatic N) is 1. The molecule has 2 aromatic rings. The van der Waals surface area contributed by atoms with Gasteiger partial charge in [-0.05, 0) is 37.3 Å². The van der Waals surface area contributed by atoms with E-state index in [1.165, 1.54) is 4.88 Å². The second kappa shape index (κ2) is 7.53. The maximum Gasteiger partial charge on any atom is 0.0606 e. The molecule has 108 valence electrons. The summed E-state index contributed by atoms with van der Waals surface area (Å²) in [6.07, 6.45) is 0. The van der Waals surface area contributed by atoms with Gasteiger partial charge in [0.15, 0.2) is 0 Å². The van der Waals surface area contributed by atoms with Crippen LogP contribution in [0.4, 0.5) is 11.4 Å². The summed E-state index contributed by atoms with van der Waals surface area (Å²) in [5, 5.41) is 15.1. The lowest BCUT2D eigenvalue weighted by Gasteiger charge is -2.22. The molecule has 0 amide bonds. The second-order valence-electron chi connectivity index (χ2n) is 4.43. The number of halogens is 1. The van der Waals surface area contributed by atoms with Crippen LogP contribution in [0.15, 0.2) is 35.7 Å². The first-order chi connectivity index (χ1) is 9.72. The third-order valence-electron chi connectivity index (χ3n) is 3.07. The predicted molar refractivity (Wildman–Crippen MR) is 88.1 cm³/mol. The molecular formula is C15H19ClN2OS. The average Bonchev–Trinajstić information content (AvgIpc) is 2.89. The summed E-state index contributed by atoms with van der Waals surface area (Å²) in [5.41, 5.74) is 2.21. The van der Waals surface area contributed by atoms with Crippen LogP contribution in [-0.2, 0) is 6.54 Å². The fourth-order valence-corrected chi connectivity index (χ4v) is 3.03. The molecule has 2 N–H and O–H groups in total. The van der Waals surface area contributed by atoms with E-state index >= 15 is 0 Å². The molecule has 0 aliphatic carbocycles. The fraction of sp³-hybridized carbons (Fsp3) is 0.333. The summed E-state index contributed by atoms with van der Waals surface area (Å²) in [6, 6.07) is 10.2. The summed E-state index contributed by atoms with van der Waals surface area (Å²) >= 11 is 7.56. The Morgan fingerprint density at radius 3 is 2.60 bits per heavy atom. The highest BCUT2D eigenvalue weighted by Gasteiger charge is 2.03. The Kier molecular flexibility index (Phi) is 5.71. The molecule has 1 aromatic heterocycles. The van der Waals surface area contributed by atoms with Crippen molar-refractivity contribution in [3.05, 3.63) is 45.6 Å². The number of hydrogen-bond acceptors (Lipinski definition) is 4. The van der Waals surface area contributed by atoms with Crippen LogP contribution < -0.4 is 10.2 Å². The first-order valence-electron chi connectivity index (χ1n) is 6.65. The molecule has 1 heterocycles. The van der Waals surface area contributed by atoms with Crippen LogP contribution >= 0.6 is 22.9 Å². The molecule has 20 heavy (non-hydrogen) atoms. The van der Waals surface area contributed by atoms with Crippen LogP contribution in [0.5, 0.6) is 0 Å². The number of rotatable bonds is 7. The summed E-state index contributed by atoms with van der Waals surface area (Å²) in [4.78, 5) is 3.36. The highest BCUT2D eigenvalue weighted by Crippen LogP contribution is 2.21. The number of hydrogen-bond donors (Lipinski definition) is 2. The van der Waals surface area contributed by atoms with E-state index in [0.29, 0.717) is 6.54 Å². The molecule has 0 aliphatic rings. The Labute approximate surface area is 128 Å². The van der Waals surface area contributed by atoms with Crippen molar-refractivity contribution in [2.75, 3.05) is 29.9 Å². The van der Waals surface area contributed by atoms with Gasteiger partial charge in [0.2, 0.25) is 0 Å². The first kappa shape index (κ1) is 15.2. The van der Waals surface area contributed by atoms with E-state index < -0.39 is 0 Å². The zero-order valence-electron chi connectivity index (χ0n) is 11.5. The van der Waals surface area contributed by atoms with E-state index in [9.17, 15) is 0 Å². The average molecular weight is 311 g/mol. The van der Waals surface area contributed by atoms with E-state index in [-0.39, 0.29) is 6.61 Å². The van der Waals surface area contributed by atoms with Crippen molar-refractivity contribution < 1.29 is 5.11 Å². The van der Waals surface area contributed by atoms with Gasteiger partial charge in [-0.15, -0.1) is 11.3 Å². The lowest BCUT2D eigenvalue weighted by atomic mass is 10.2. The molecule has 2 rings (SSSR count). The molecule has 3 nitrogen and oxygen atoms in total. The Morgan fingerprint density at radius 2 is 2.05 bits per heavy atom. The summed E-state index contributed by atoms with van der Waals surface area (Å²) in [6.45, 7) is 4.60. The molecule has 0 spiro atoms. The van der Waals surface area contributed by atoms with Crippen LogP contribution in [0, 0.1) is 0 Å². The standard InChI is InChI=1S/C15H19ClN2OS/c1-2-18(7-8-19)14-5-3-13(4-6-14)17-10-15-9-12(16)11-20-15/h3-6,9,11,17,19H,2,7-8,10H2,1H3. The summed E-state index contributed by atoms with van der Waals surface area (Å²) in [5.74, 6) is 0. The van der Waals surface area contributed by atoms with Gasteiger partial charge in [0, 0.05) is 41.3 Å². The maximum atomic E-state index is 9.03. The van der Waals surface area contributed by atoms with Crippen LogP contribution in [0.1, 0.15) is 11.8 Å². The number of aliphatic hydroxyl groups excluding tert-OH is 1. The monoisotopic (exact) mass is 310 g/mol. The van der Waals surface area contributed by atoms with E-state index in [2.05, 4.69) is 41.4 Å². The van der Waals surface area contributed by atoms with E-state index in [4.69, 9.17) is 16.7 Å². The molecule has 0 fully saturated rings. The van der Waals surface area contributed by atoms with E-state index in [1.54, 1.807) is 11.3 Å². The van der Waals surface area contributed by atoms with Gasteiger partial charge in [0.05, 0.1) is 11.6 Å². The maximum absolute atomic E-state index is 9.03. The van der Waals surface area contributed by atoms with Crippen LogP contribution in [0.2, 0.25) is 5.02 Å². The second-order valence-corrected chi connectivity index (χ2v) is 5.87. The highest BCUT2D eigenvalue weighted by atomic mass is 35.5. The van der Waals surface area contributed by atoms with Crippen molar-refractivity contribution in [3.63, 3.8) is 0 Å². The van der Waals surface area contributed by atoms with Crippen LogP contribution in [0.25, 0.3) is 0 Å². The van der Waals surface area contributed by atoms with Crippen molar-refractivity contribution in [2.24, 2.45) is 0 Å². The van der Waals surface area contributed by atoms with E-state index in [0.717, 1.165) is 29.5 Å². The van der Waals surface area contributed by atoms with Crippen molar-refractivity contribution in [1.29, 1.82) is 0 Å². The normalized spacial score (nSPS) is 10.6. The van der Waals surface area contributed by atoms with Gasteiger partial charge in [-0.25, -0.2) is 0 Å². The van der Waals surface area contributed by atoms with Crippen molar-refractivity contribution in [1.82, 2.24) is 0 Å². The minimum absolute atomic E-state index is 0.174. The molecule has 0 bridgehead atoms. The number of benzene rings is 1. The lowest BCUT2D eigenvalue weighted by molar-refractivity contribution is 0.302. The predicted octanol–water partition coefficient (Wildman–Crippen LogP) is 3.83. The topological polar surface area (TPSA) is 35.5 Å². The Hall–Kier alpha value is -1.23. The van der Waals surface area contributed by atoms with Gasteiger partial charge < -0.3 is 15.3 Å². The minimum Gasteiger partial charge on any atom is -0.395 e. The number of nitrogens with one attached hydrogen (secondary N) is 1. The minimum atomic E-state index is 0.174. The van der Waals surface area contributed by atoms with Gasteiger partial charge in [0.1, 0.15) is 0 Å². The molecule has 1 aromatic carbocycles. The quantitative estimate of drug-likeness (QED) is 0.816. The first-order valence-corrected chi connectivity index (χ1v) is 7.91. The molecule has 5 heteroatoms. The molecule has 0 saturated heterocycles. The van der Waals surface area contributed by atoms with Crippen molar-refractivity contribution in [2.45, 2.75) is 13.5 Å². The van der Waals surface area contributed by atoms with Gasteiger partial charge in [-0.1, -0.05) is 11.6 Å². The van der Waals surface area contributed by atoms with Gasteiger partial charge in [-0.3, -0.25) is 0 Å². The molecular weight excluding hydrogens is 292 g/mol. The Balaban J connectivity index is 1.94. The summed E-state index contributed by atoms with van der Waals surface area (Å²) < 4.78 is 0. The largest absolute Gasteiger partial charge is 0.395 e. The molecule has 0 atom stereocenters. The van der Waals surface area contributed by atoms with Crippen LogP contribution in [0.3, 0.4) is 0 Å². The van der Waals surface area contributed by atoms with Gasteiger partial charge >= 0.3 is 0 Å². The van der Waals surface area contributed by atoms with Gasteiger partial charge in [-0.2, -0.15) is 0 Å². The molecule has 0 unspecified atom stereocenters. The Morgan fingerprint density at radius 1 is 1.30 bits per heavy atom. The third kappa shape index (κ3) is 4.13. The fourth-order valence-electron chi connectivity index (χ4n) is 2.02. The zero-order valence-corrected chi connectivity index (χ0v) is 13.0. The smallest absolute Gasteiger partial charge is 0.0606 e. The van der Waals surface area contributed by atoms with E-state index in [1.807, 2.05) is 11.4 Å². The molecule has 0 saturated carbocycles. The third-order valence-corrected chi connectivity index (χ3v) is 4.36. The van der Waals surface area contributed by atoms with Crippen LogP contribution in [-0.4, -0.2) is 24.8 Å². The van der Waals surface area contributed by atoms with Crippen molar-refractivity contribution >= 4 is 34.3 Å². The number of likely N-dealkylation sites (N-methyl/N-ethyl adjacent to an activating group) is 1. The number of anilines is 2. The van der Waals surface area contributed by atoms with Crippen molar-refractivity contribution in [3.8, 4) is 0 Å².